The minimum Gasteiger partial charge on any atom is -0.497 e. The predicted molar refractivity (Wildman–Crippen MR) is 135 cm³/mol. The summed E-state index contributed by atoms with van der Waals surface area (Å²) in [6, 6.07) is 34.5. The lowest BCUT2D eigenvalue weighted by Gasteiger charge is -2.21. The molecule has 0 bridgehead atoms. The summed E-state index contributed by atoms with van der Waals surface area (Å²) in [5.74, 6) is 1.02. The van der Waals surface area contributed by atoms with Crippen LogP contribution in [0.4, 0.5) is 0 Å². The topological polar surface area (TPSA) is 9.23 Å². The first-order valence-corrected chi connectivity index (χ1v) is 11.1. The Morgan fingerprint density at radius 2 is 1.19 bits per heavy atom. The van der Waals surface area contributed by atoms with Crippen LogP contribution in [0.5, 0.6) is 5.75 Å². The van der Waals surface area contributed by atoms with Crippen LogP contribution < -0.4 is 4.74 Å². The predicted octanol–water partition coefficient (Wildman–Crippen LogP) is 7.88. The van der Waals surface area contributed by atoms with E-state index in [4.69, 9.17) is 4.74 Å². The maximum atomic E-state index is 5.42. The average Bonchev–Trinajstić information content (AvgIpc) is 2.82. The summed E-state index contributed by atoms with van der Waals surface area (Å²) in [7, 11) is 1.71. The maximum absolute atomic E-state index is 5.42. The molecule has 0 heterocycles. The maximum Gasteiger partial charge on any atom is 0.118 e. The van der Waals surface area contributed by atoms with Gasteiger partial charge in [0.05, 0.1) is 7.11 Å². The molecule has 0 aliphatic carbocycles. The third-order valence-electron chi connectivity index (χ3n) is 6.00. The lowest BCUT2D eigenvalue weighted by atomic mass is 9.83. The van der Waals surface area contributed by atoms with Crippen molar-refractivity contribution in [1.82, 2.24) is 0 Å². The van der Waals surface area contributed by atoms with Gasteiger partial charge in [-0.05, 0) is 71.9 Å². The summed E-state index contributed by atoms with van der Waals surface area (Å²) in [5.41, 5.74) is 10.2. The molecule has 0 atom stereocenters. The molecular formula is C31H30O. The van der Waals surface area contributed by atoms with Gasteiger partial charge in [-0.3, -0.25) is 0 Å². The molecule has 0 amide bonds. The monoisotopic (exact) mass is 418 g/mol. The third-order valence-corrected chi connectivity index (χ3v) is 6.00. The number of rotatable bonds is 6. The number of ether oxygens (including phenoxy) is 1. The van der Waals surface area contributed by atoms with Gasteiger partial charge in [0.1, 0.15) is 5.75 Å². The van der Waals surface area contributed by atoms with Crippen molar-refractivity contribution in [2.75, 3.05) is 7.11 Å². The molecular weight excluding hydrogens is 388 g/mol. The van der Waals surface area contributed by atoms with Crippen LogP contribution in [-0.4, -0.2) is 7.11 Å². The minimum absolute atomic E-state index is 0.148. The highest BCUT2D eigenvalue weighted by atomic mass is 16.5. The molecule has 0 aliphatic rings. The first-order valence-electron chi connectivity index (χ1n) is 11.1. The Kier molecular flexibility index (Phi) is 6.56. The van der Waals surface area contributed by atoms with Crippen LogP contribution in [0.1, 0.15) is 44.9 Å². The standard InChI is InChI=1S/C31H30O/c1-22-19-23(2)31(24(3)20-22)30(27-15-17-28(32-4)18-16-27)21-29(25-11-7-5-8-12-25)26-13-9-6-10-14-26/h5-21,29H,1-4H3/b30-21+. The average molecular weight is 419 g/mol. The van der Waals surface area contributed by atoms with E-state index >= 15 is 0 Å². The van der Waals surface area contributed by atoms with Crippen molar-refractivity contribution < 1.29 is 4.74 Å². The number of benzene rings is 4. The molecule has 0 saturated heterocycles. The Hall–Kier alpha value is -3.58. The summed E-state index contributed by atoms with van der Waals surface area (Å²) in [6.45, 7) is 6.59. The molecule has 160 valence electrons. The highest BCUT2D eigenvalue weighted by Gasteiger charge is 2.17. The minimum atomic E-state index is 0.148. The smallest absolute Gasteiger partial charge is 0.118 e. The van der Waals surface area contributed by atoms with Crippen molar-refractivity contribution in [2.45, 2.75) is 26.7 Å². The molecule has 0 aliphatic heterocycles. The number of allylic oxidation sites excluding steroid dienone is 1. The van der Waals surface area contributed by atoms with Gasteiger partial charge in [0.15, 0.2) is 0 Å². The lowest BCUT2D eigenvalue weighted by Crippen LogP contribution is -2.03. The zero-order valence-corrected chi connectivity index (χ0v) is 19.3. The van der Waals surface area contributed by atoms with Crippen molar-refractivity contribution in [3.63, 3.8) is 0 Å². The second kappa shape index (κ2) is 9.70. The molecule has 0 unspecified atom stereocenters. The number of hydrogen-bond donors (Lipinski definition) is 0. The summed E-state index contributed by atoms with van der Waals surface area (Å²) in [4.78, 5) is 0. The second-order valence-corrected chi connectivity index (χ2v) is 8.38. The Balaban J connectivity index is 1.97. The van der Waals surface area contributed by atoms with Gasteiger partial charge in [-0.25, -0.2) is 0 Å². The van der Waals surface area contributed by atoms with E-state index in [1.54, 1.807) is 7.11 Å². The van der Waals surface area contributed by atoms with E-state index in [1.807, 2.05) is 12.1 Å². The van der Waals surface area contributed by atoms with E-state index in [9.17, 15) is 0 Å². The van der Waals surface area contributed by atoms with E-state index in [2.05, 4.69) is 112 Å². The van der Waals surface area contributed by atoms with Crippen molar-refractivity contribution >= 4 is 5.57 Å². The van der Waals surface area contributed by atoms with Gasteiger partial charge in [0.25, 0.3) is 0 Å². The fraction of sp³-hybridized carbons (Fsp3) is 0.161. The molecule has 1 nitrogen and oxygen atoms in total. The molecule has 0 spiro atoms. The normalized spacial score (nSPS) is 11.6. The molecule has 4 rings (SSSR count). The van der Waals surface area contributed by atoms with E-state index in [0.717, 1.165) is 5.75 Å². The molecule has 0 saturated carbocycles. The third kappa shape index (κ3) is 4.68. The molecule has 4 aromatic carbocycles. The molecule has 32 heavy (non-hydrogen) atoms. The molecule has 0 N–H and O–H groups in total. The van der Waals surface area contributed by atoms with E-state index in [1.165, 1.54) is 44.5 Å². The van der Waals surface area contributed by atoms with Crippen LogP contribution in [-0.2, 0) is 0 Å². The van der Waals surface area contributed by atoms with Crippen molar-refractivity contribution in [2.24, 2.45) is 0 Å². The Labute approximate surface area is 192 Å². The first-order chi connectivity index (χ1) is 15.6. The van der Waals surface area contributed by atoms with Crippen LogP contribution in [0.15, 0.2) is 103 Å². The number of hydrogen-bond acceptors (Lipinski definition) is 1. The van der Waals surface area contributed by atoms with Gasteiger partial charge >= 0.3 is 0 Å². The quantitative estimate of drug-likeness (QED) is 0.309. The van der Waals surface area contributed by atoms with E-state index in [0.29, 0.717) is 0 Å². The van der Waals surface area contributed by atoms with Gasteiger partial charge in [0, 0.05) is 5.92 Å². The van der Waals surface area contributed by atoms with E-state index in [-0.39, 0.29) is 5.92 Å². The van der Waals surface area contributed by atoms with Crippen LogP contribution >= 0.6 is 0 Å². The van der Waals surface area contributed by atoms with Crippen LogP contribution in [0.2, 0.25) is 0 Å². The van der Waals surface area contributed by atoms with Crippen molar-refractivity contribution in [3.05, 3.63) is 142 Å². The van der Waals surface area contributed by atoms with Gasteiger partial charge in [-0.2, -0.15) is 0 Å². The SMILES string of the molecule is COc1ccc(/C(=C\C(c2ccccc2)c2ccccc2)c2c(C)cc(C)cc2C)cc1. The zero-order valence-electron chi connectivity index (χ0n) is 19.3. The van der Waals surface area contributed by atoms with Gasteiger partial charge < -0.3 is 4.74 Å². The Morgan fingerprint density at radius 1 is 0.688 bits per heavy atom. The van der Waals surface area contributed by atoms with Crippen molar-refractivity contribution in [3.8, 4) is 5.75 Å². The zero-order chi connectivity index (χ0) is 22.5. The summed E-state index contributed by atoms with van der Waals surface area (Å²) in [5, 5.41) is 0. The van der Waals surface area contributed by atoms with Crippen LogP contribution in [0.25, 0.3) is 5.57 Å². The first kappa shape index (κ1) is 21.6. The molecule has 1 heteroatoms. The fourth-order valence-corrected chi connectivity index (χ4v) is 4.57. The Morgan fingerprint density at radius 3 is 1.66 bits per heavy atom. The number of methoxy groups -OCH3 is 1. The highest BCUT2D eigenvalue weighted by molar-refractivity contribution is 5.84. The second-order valence-electron chi connectivity index (χ2n) is 8.38. The van der Waals surface area contributed by atoms with Crippen LogP contribution in [0, 0.1) is 20.8 Å². The fourth-order valence-electron chi connectivity index (χ4n) is 4.57. The lowest BCUT2D eigenvalue weighted by molar-refractivity contribution is 0.415. The van der Waals surface area contributed by atoms with Gasteiger partial charge in [-0.15, -0.1) is 0 Å². The van der Waals surface area contributed by atoms with Crippen molar-refractivity contribution in [1.29, 1.82) is 0 Å². The molecule has 4 aromatic rings. The summed E-state index contributed by atoms with van der Waals surface area (Å²) >= 11 is 0. The van der Waals surface area contributed by atoms with Gasteiger partial charge in [0.2, 0.25) is 0 Å². The molecule has 0 fully saturated rings. The number of aryl methyl sites for hydroxylation is 3. The largest absolute Gasteiger partial charge is 0.497 e. The Bertz CT molecular complexity index is 1140. The van der Waals surface area contributed by atoms with Gasteiger partial charge in [-0.1, -0.05) is 96.6 Å². The summed E-state index contributed by atoms with van der Waals surface area (Å²) < 4.78 is 5.42. The summed E-state index contributed by atoms with van der Waals surface area (Å²) in [6.07, 6.45) is 2.43. The highest BCUT2D eigenvalue weighted by Crippen LogP contribution is 2.36. The van der Waals surface area contributed by atoms with E-state index < -0.39 is 0 Å². The molecule has 0 radical (unpaired) electrons. The van der Waals surface area contributed by atoms with Crippen LogP contribution in [0.3, 0.4) is 0 Å². The molecule has 0 aromatic heterocycles.